The number of hydrogen-bond donors (Lipinski definition) is 1. The highest BCUT2D eigenvalue weighted by Crippen LogP contribution is 2.29. The standard InChI is InChI=1S/C28H35N5O3/c1-36-17-16-33-20-29-25-19-22(30-27(34)21-8-4-2-5-9-21)18-24(26(25)33)28(35)32-14-12-31(13-15-32)23-10-6-3-7-11-23/h3,6-7,10-11,18-21H,2,4-5,8-9,12-17H2,1H3,(H,30,34). The lowest BCUT2D eigenvalue weighted by atomic mass is 9.88. The van der Waals surface area contributed by atoms with Crippen LogP contribution in [0, 0.1) is 5.92 Å². The maximum atomic E-state index is 13.8. The molecule has 2 heterocycles. The summed E-state index contributed by atoms with van der Waals surface area (Å²) in [6.45, 7) is 3.96. The van der Waals surface area contributed by atoms with E-state index in [4.69, 9.17) is 4.74 Å². The molecule has 0 bridgehead atoms. The number of nitrogens with one attached hydrogen (secondary N) is 1. The van der Waals surface area contributed by atoms with Crippen LogP contribution in [0.3, 0.4) is 0 Å². The van der Waals surface area contributed by atoms with Crippen LogP contribution < -0.4 is 10.2 Å². The van der Waals surface area contributed by atoms with Crippen LogP contribution >= 0.6 is 0 Å². The molecule has 3 aromatic rings. The molecule has 36 heavy (non-hydrogen) atoms. The van der Waals surface area contributed by atoms with Gasteiger partial charge in [-0.1, -0.05) is 37.5 Å². The number of aromatic nitrogens is 2. The molecule has 1 aromatic heterocycles. The number of carbonyl (C=O) groups is 2. The van der Waals surface area contributed by atoms with Crippen molar-refractivity contribution >= 4 is 34.2 Å². The fourth-order valence-electron chi connectivity index (χ4n) is 5.39. The predicted molar refractivity (Wildman–Crippen MR) is 141 cm³/mol. The molecule has 8 heteroatoms. The van der Waals surface area contributed by atoms with Crippen molar-refractivity contribution in [1.82, 2.24) is 14.5 Å². The molecule has 1 aliphatic heterocycles. The van der Waals surface area contributed by atoms with E-state index in [1.807, 2.05) is 39.8 Å². The maximum absolute atomic E-state index is 13.8. The number of anilines is 2. The van der Waals surface area contributed by atoms with Crippen molar-refractivity contribution in [1.29, 1.82) is 0 Å². The van der Waals surface area contributed by atoms with Crippen LogP contribution in [0.2, 0.25) is 0 Å². The van der Waals surface area contributed by atoms with Crippen molar-refractivity contribution in [3.8, 4) is 0 Å². The van der Waals surface area contributed by atoms with Crippen molar-refractivity contribution < 1.29 is 14.3 Å². The van der Waals surface area contributed by atoms with Crippen molar-refractivity contribution in [2.75, 3.05) is 50.1 Å². The molecule has 2 fully saturated rings. The summed E-state index contributed by atoms with van der Waals surface area (Å²) in [6.07, 6.45) is 7.00. The van der Waals surface area contributed by atoms with E-state index in [0.29, 0.717) is 43.0 Å². The number of nitrogens with zero attached hydrogens (tertiary/aromatic N) is 4. The Morgan fingerprint density at radius 3 is 2.50 bits per heavy atom. The van der Waals surface area contributed by atoms with Crippen molar-refractivity contribution in [2.45, 2.75) is 38.6 Å². The number of carbonyl (C=O) groups excluding carboxylic acids is 2. The van der Waals surface area contributed by atoms with Gasteiger partial charge in [-0.25, -0.2) is 4.98 Å². The minimum Gasteiger partial charge on any atom is -0.383 e. The van der Waals surface area contributed by atoms with E-state index in [1.54, 1.807) is 13.4 Å². The summed E-state index contributed by atoms with van der Waals surface area (Å²) < 4.78 is 7.24. The highest BCUT2D eigenvalue weighted by molar-refractivity contribution is 6.07. The molecule has 0 spiro atoms. The van der Waals surface area contributed by atoms with Crippen LogP contribution in [0.15, 0.2) is 48.8 Å². The van der Waals surface area contributed by atoms with E-state index in [1.165, 1.54) is 12.1 Å². The van der Waals surface area contributed by atoms with Crippen LogP contribution in [-0.4, -0.2) is 66.2 Å². The van der Waals surface area contributed by atoms with E-state index in [-0.39, 0.29) is 17.7 Å². The van der Waals surface area contributed by atoms with Gasteiger partial charge in [0, 0.05) is 57.1 Å². The number of methoxy groups -OCH3 is 1. The molecule has 0 radical (unpaired) electrons. The highest BCUT2D eigenvalue weighted by atomic mass is 16.5. The van der Waals surface area contributed by atoms with Crippen LogP contribution in [0.25, 0.3) is 11.0 Å². The first kappa shape index (κ1) is 24.3. The zero-order valence-electron chi connectivity index (χ0n) is 21.0. The van der Waals surface area contributed by atoms with Gasteiger partial charge in [0.2, 0.25) is 5.91 Å². The third-order valence-corrected chi connectivity index (χ3v) is 7.41. The molecular weight excluding hydrogens is 454 g/mol. The average Bonchev–Trinajstić information content (AvgIpc) is 3.35. The Labute approximate surface area is 212 Å². The molecule has 1 saturated carbocycles. The summed E-state index contributed by atoms with van der Waals surface area (Å²) >= 11 is 0. The predicted octanol–water partition coefficient (Wildman–Crippen LogP) is 4.16. The number of amides is 2. The summed E-state index contributed by atoms with van der Waals surface area (Å²) in [5, 5.41) is 3.09. The van der Waals surface area contributed by atoms with Gasteiger partial charge in [-0.2, -0.15) is 0 Å². The molecule has 1 aliphatic carbocycles. The molecule has 2 aliphatic rings. The molecule has 5 rings (SSSR count). The van der Waals surface area contributed by atoms with Gasteiger partial charge in [0.15, 0.2) is 0 Å². The van der Waals surface area contributed by atoms with Gasteiger partial charge < -0.3 is 24.4 Å². The Morgan fingerprint density at radius 2 is 1.78 bits per heavy atom. The summed E-state index contributed by atoms with van der Waals surface area (Å²) in [5.74, 6) is 0.0577. The lowest BCUT2D eigenvalue weighted by Gasteiger charge is -2.36. The Kier molecular flexibility index (Phi) is 7.51. The van der Waals surface area contributed by atoms with E-state index >= 15 is 0 Å². The number of para-hydroxylation sites is 1. The van der Waals surface area contributed by atoms with Crippen molar-refractivity contribution in [2.24, 2.45) is 5.92 Å². The van der Waals surface area contributed by atoms with Gasteiger partial charge in [-0.3, -0.25) is 9.59 Å². The number of ether oxygens (including phenoxy) is 1. The zero-order valence-corrected chi connectivity index (χ0v) is 21.0. The Balaban J connectivity index is 1.39. The Hall–Kier alpha value is -3.39. The number of benzene rings is 2. The normalized spacial score (nSPS) is 16.9. The summed E-state index contributed by atoms with van der Waals surface area (Å²) in [6, 6.07) is 14.0. The number of hydrogen-bond acceptors (Lipinski definition) is 5. The summed E-state index contributed by atoms with van der Waals surface area (Å²) in [7, 11) is 1.66. The SMILES string of the molecule is COCCn1cnc2cc(NC(=O)C3CCCCC3)cc(C(=O)N3CCN(c4ccccc4)CC3)c21. The molecule has 8 nitrogen and oxygen atoms in total. The molecule has 1 saturated heterocycles. The van der Waals surface area contributed by atoms with Crippen LogP contribution in [0.1, 0.15) is 42.5 Å². The molecule has 0 atom stereocenters. The molecule has 2 aromatic carbocycles. The molecule has 190 valence electrons. The van der Waals surface area contributed by atoms with Gasteiger partial charge in [-0.05, 0) is 37.1 Å². The Morgan fingerprint density at radius 1 is 1.03 bits per heavy atom. The van der Waals surface area contributed by atoms with Gasteiger partial charge >= 0.3 is 0 Å². The quantitative estimate of drug-likeness (QED) is 0.539. The van der Waals surface area contributed by atoms with Gasteiger partial charge in [-0.15, -0.1) is 0 Å². The lowest BCUT2D eigenvalue weighted by molar-refractivity contribution is -0.120. The zero-order chi connectivity index (χ0) is 24.9. The van der Waals surface area contributed by atoms with Crippen LogP contribution in [-0.2, 0) is 16.1 Å². The average molecular weight is 490 g/mol. The maximum Gasteiger partial charge on any atom is 0.256 e. The minimum atomic E-state index is -0.0272. The van der Waals surface area contributed by atoms with Crippen molar-refractivity contribution in [3.05, 3.63) is 54.4 Å². The van der Waals surface area contributed by atoms with Gasteiger partial charge in [0.1, 0.15) is 0 Å². The molecule has 0 unspecified atom stereocenters. The number of piperazine rings is 1. The monoisotopic (exact) mass is 489 g/mol. The first-order valence-corrected chi connectivity index (χ1v) is 13.0. The summed E-state index contributed by atoms with van der Waals surface area (Å²) in [5.41, 5.74) is 3.89. The third-order valence-electron chi connectivity index (χ3n) is 7.41. The second-order valence-electron chi connectivity index (χ2n) is 9.76. The topological polar surface area (TPSA) is 79.7 Å². The first-order valence-electron chi connectivity index (χ1n) is 13.0. The smallest absolute Gasteiger partial charge is 0.256 e. The van der Waals surface area contributed by atoms with Crippen LogP contribution in [0.5, 0.6) is 0 Å². The van der Waals surface area contributed by atoms with Crippen LogP contribution in [0.4, 0.5) is 11.4 Å². The Bertz CT molecular complexity index is 1190. The lowest BCUT2D eigenvalue weighted by Crippen LogP contribution is -2.48. The van der Waals surface area contributed by atoms with Gasteiger partial charge in [0.25, 0.3) is 5.91 Å². The molecule has 1 N–H and O–H groups in total. The van der Waals surface area contributed by atoms with E-state index in [2.05, 4.69) is 27.3 Å². The van der Waals surface area contributed by atoms with E-state index < -0.39 is 0 Å². The van der Waals surface area contributed by atoms with Gasteiger partial charge in [0.05, 0.1) is 29.5 Å². The number of imidazole rings is 1. The first-order chi connectivity index (χ1) is 17.6. The molecule has 2 amide bonds. The molecular formula is C28H35N5O3. The fourth-order valence-corrected chi connectivity index (χ4v) is 5.39. The third kappa shape index (κ3) is 5.23. The number of rotatable bonds is 7. The second kappa shape index (κ2) is 11.1. The second-order valence-corrected chi connectivity index (χ2v) is 9.76. The van der Waals surface area contributed by atoms with Crippen molar-refractivity contribution in [3.63, 3.8) is 0 Å². The van der Waals surface area contributed by atoms with E-state index in [0.717, 1.165) is 44.3 Å². The van der Waals surface area contributed by atoms with E-state index in [9.17, 15) is 9.59 Å². The largest absolute Gasteiger partial charge is 0.383 e. The summed E-state index contributed by atoms with van der Waals surface area (Å²) in [4.78, 5) is 35.6. The minimum absolute atomic E-state index is 0.0272. The fraction of sp³-hybridized carbons (Fsp3) is 0.464. The highest BCUT2D eigenvalue weighted by Gasteiger charge is 2.27. The number of fused-ring (bicyclic) bond motifs is 1.